The van der Waals surface area contributed by atoms with Crippen LogP contribution in [-0.2, 0) is 0 Å². The summed E-state index contributed by atoms with van der Waals surface area (Å²) < 4.78 is 41.5. The van der Waals surface area contributed by atoms with Gasteiger partial charge in [-0.25, -0.2) is 4.98 Å². The Labute approximate surface area is 118 Å². The number of hydrogen-bond acceptors (Lipinski definition) is 3. The van der Waals surface area contributed by atoms with Crippen LogP contribution in [0.15, 0.2) is 24.3 Å². The Morgan fingerprint density at radius 2 is 1.85 bits per heavy atom. The number of H-pyrrole nitrogens is 1. The Hall–Kier alpha value is -1.89. The maximum atomic E-state index is 12.4. The average Bonchev–Trinajstić information content (AvgIpc) is 2.33. The molecule has 0 amide bonds. The summed E-state index contributed by atoms with van der Waals surface area (Å²) in [7, 11) is 0. The molecular weight excluding hydrogens is 289 g/mol. The average molecular weight is 300 g/mol. The van der Waals surface area contributed by atoms with Crippen molar-refractivity contribution in [1.82, 2.24) is 9.97 Å². The molecule has 2 aromatic rings. The van der Waals surface area contributed by atoms with Crippen molar-refractivity contribution in [3.63, 3.8) is 0 Å². The van der Waals surface area contributed by atoms with Gasteiger partial charge in [-0.15, -0.1) is 13.2 Å². The monoisotopic (exact) mass is 300 g/mol. The van der Waals surface area contributed by atoms with Crippen LogP contribution in [0.4, 0.5) is 13.2 Å². The summed E-state index contributed by atoms with van der Waals surface area (Å²) >= 11 is 5.13. The van der Waals surface area contributed by atoms with Crippen molar-refractivity contribution in [1.29, 1.82) is 0 Å². The van der Waals surface area contributed by atoms with Crippen molar-refractivity contribution in [3.8, 4) is 17.0 Å². The van der Waals surface area contributed by atoms with E-state index in [0.717, 1.165) is 5.69 Å². The molecule has 0 aliphatic heterocycles. The standard InChI is InChI=1S/C13H11F3N2OS/c1-7-8(2)18-12(20)11(17-7)9-5-3-4-6-10(9)19-13(14,15)16/h3-6H,1-2H3,(H,18,20). The molecule has 0 saturated heterocycles. The number of ether oxygens (including phenoxy) is 1. The number of benzene rings is 1. The van der Waals surface area contributed by atoms with Gasteiger partial charge in [0.25, 0.3) is 0 Å². The highest BCUT2D eigenvalue weighted by molar-refractivity contribution is 7.71. The van der Waals surface area contributed by atoms with Gasteiger partial charge < -0.3 is 9.72 Å². The third-order valence-electron chi connectivity index (χ3n) is 2.71. The first-order valence-corrected chi connectivity index (χ1v) is 6.11. The van der Waals surface area contributed by atoms with E-state index in [-0.39, 0.29) is 21.6 Å². The zero-order valence-electron chi connectivity index (χ0n) is 10.7. The quantitative estimate of drug-likeness (QED) is 0.839. The summed E-state index contributed by atoms with van der Waals surface area (Å²) in [6.45, 7) is 3.54. The van der Waals surface area contributed by atoms with E-state index in [2.05, 4.69) is 14.7 Å². The lowest BCUT2D eigenvalue weighted by Crippen LogP contribution is -2.17. The number of hydrogen-bond donors (Lipinski definition) is 1. The first-order chi connectivity index (χ1) is 9.28. The van der Waals surface area contributed by atoms with Gasteiger partial charge in [-0.05, 0) is 26.0 Å². The number of nitrogens with one attached hydrogen (secondary N) is 1. The van der Waals surface area contributed by atoms with Gasteiger partial charge in [-0.1, -0.05) is 24.4 Å². The molecule has 0 spiro atoms. The fourth-order valence-corrected chi connectivity index (χ4v) is 1.99. The number of aromatic nitrogens is 2. The largest absolute Gasteiger partial charge is 0.573 e. The highest BCUT2D eigenvalue weighted by atomic mass is 32.1. The molecule has 1 aromatic carbocycles. The molecule has 20 heavy (non-hydrogen) atoms. The summed E-state index contributed by atoms with van der Waals surface area (Å²) in [5.41, 5.74) is 1.90. The summed E-state index contributed by atoms with van der Waals surface area (Å²) in [6.07, 6.45) is -4.76. The van der Waals surface area contributed by atoms with Crippen molar-refractivity contribution in [2.24, 2.45) is 0 Å². The number of alkyl halides is 3. The summed E-state index contributed by atoms with van der Waals surface area (Å²) in [4.78, 5) is 7.16. The molecule has 0 aliphatic carbocycles. The maximum Gasteiger partial charge on any atom is 0.573 e. The minimum atomic E-state index is -4.76. The molecule has 1 N–H and O–H groups in total. The van der Waals surface area contributed by atoms with Gasteiger partial charge in [0.1, 0.15) is 16.1 Å². The molecule has 7 heteroatoms. The van der Waals surface area contributed by atoms with Crippen LogP contribution in [0.1, 0.15) is 11.4 Å². The fourth-order valence-electron chi connectivity index (χ4n) is 1.68. The van der Waals surface area contributed by atoms with Gasteiger partial charge in [-0.3, -0.25) is 0 Å². The van der Waals surface area contributed by atoms with E-state index in [1.165, 1.54) is 18.2 Å². The zero-order chi connectivity index (χ0) is 14.9. The lowest BCUT2D eigenvalue weighted by Gasteiger charge is -2.13. The normalized spacial score (nSPS) is 11.4. The molecule has 106 valence electrons. The Morgan fingerprint density at radius 1 is 1.20 bits per heavy atom. The number of aryl methyl sites for hydroxylation is 2. The summed E-state index contributed by atoms with van der Waals surface area (Å²) in [5.74, 6) is -0.324. The molecule has 0 fully saturated rings. The predicted octanol–water partition coefficient (Wildman–Crippen LogP) is 4.32. The molecule has 3 nitrogen and oxygen atoms in total. The third-order valence-corrected chi connectivity index (χ3v) is 3.00. The lowest BCUT2D eigenvalue weighted by atomic mass is 10.1. The smallest absolute Gasteiger partial charge is 0.405 e. The van der Waals surface area contributed by atoms with Gasteiger partial charge in [0.05, 0.1) is 5.69 Å². The molecule has 0 unspecified atom stereocenters. The molecule has 2 rings (SSSR count). The Morgan fingerprint density at radius 3 is 2.50 bits per heavy atom. The van der Waals surface area contributed by atoms with E-state index in [0.29, 0.717) is 5.69 Å². The minimum Gasteiger partial charge on any atom is -0.405 e. The molecule has 0 atom stereocenters. The van der Waals surface area contributed by atoms with E-state index in [9.17, 15) is 13.2 Å². The van der Waals surface area contributed by atoms with Crippen molar-refractivity contribution < 1.29 is 17.9 Å². The number of halogens is 3. The molecule has 1 heterocycles. The van der Waals surface area contributed by atoms with Crippen molar-refractivity contribution in [2.45, 2.75) is 20.2 Å². The fraction of sp³-hybridized carbons (Fsp3) is 0.231. The zero-order valence-corrected chi connectivity index (χ0v) is 11.5. The first kappa shape index (κ1) is 14.5. The van der Waals surface area contributed by atoms with Crippen molar-refractivity contribution in [3.05, 3.63) is 40.3 Å². The predicted molar refractivity (Wildman–Crippen MR) is 71.0 cm³/mol. The summed E-state index contributed by atoms with van der Waals surface area (Å²) in [5, 5.41) is 0. The Bertz CT molecular complexity index is 695. The van der Waals surface area contributed by atoms with E-state index >= 15 is 0 Å². The number of para-hydroxylation sites is 1. The highest BCUT2D eigenvalue weighted by Crippen LogP contribution is 2.33. The van der Waals surface area contributed by atoms with Crippen LogP contribution < -0.4 is 4.74 Å². The van der Waals surface area contributed by atoms with E-state index in [4.69, 9.17) is 12.2 Å². The van der Waals surface area contributed by atoms with Crippen LogP contribution in [0.25, 0.3) is 11.3 Å². The van der Waals surface area contributed by atoms with Crippen LogP contribution in [0, 0.1) is 18.5 Å². The van der Waals surface area contributed by atoms with Crippen LogP contribution in [0.5, 0.6) is 5.75 Å². The second kappa shape index (κ2) is 5.24. The minimum absolute atomic E-state index is 0.203. The van der Waals surface area contributed by atoms with Gasteiger partial charge in [-0.2, -0.15) is 0 Å². The van der Waals surface area contributed by atoms with E-state index in [1.54, 1.807) is 19.9 Å². The second-order valence-corrected chi connectivity index (χ2v) is 4.58. The molecular formula is C13H11F3N2OS. The molecule has 0 radical (unpaired) electrons. The summed E-state index contributed by atoms with van der Waals surface area (Å²) in [6, 6.07) is 5.78. The number of nitrogens with zero attached hydrogens (tertiary/aromatic N) is 1. The van der Waals surface area contributed by atoms with Crippen LogP contribution in [-0.4, -0.2) is 16.3 Å². The third kappa shape index (κ3) is 3.16. The van der Waals surface area contributed by atoms with Crippen LogP contribution in [0.3, 0.4) is 0 Å². The lowest BCUT2D eigenvalue weighted by molar-refractivity contribution is -0.274. The van der Waals surface area contributed by atoms with E-state index < -0.39 is 6.36 Å². The number of rotatable bonds is 2. The SMILES string of the molecule is Cc1nc(-c2ccccc2OC(F)(F)F)c(=S)[nH]c1C. The molecule has 1 aromatic heterocycles. The van der Waals surface area contributed by atoms with Gasteiger partial charge in [0, 0.05) is 11.3 Å². The van der Waals surface area contributed by atoms with E-state index in [1.807, 2.05) is 0 Å². The first-order valence-electron chi connectivity index (χ1n) is 5.70. The second-order valence-electron chi connectivity index (χ2n) is 4.17. The Balaban J connectivity index is 2.59. The van der Waals surface area contributed by atoms with Gasteiger partial charge in [0.2, 0.25) is 0 Å². The van der Waals surface area contributed by atoms with Crippen LogP contribution >= 0.6 is 12.2 Å². The number of aromatic amines is 1. The molecule has 0 aliphatic rings. The topological polar surface area (TPSA) is 37.9 Å². The van der Waals surface area contributed by atoms with Crippen molar-refractivity contribution in [2.75, 3.05) is 0 Å². The Kier molecular flexibility index (Phi) is 3.80. The van der Waals surface area contributed by atoms with Gasteiger partial charge >= 0.3 is 6.36 Å². The molecule has 0 saturated carbocycles. The van der Waals surface area contributed by atoms with Crippen LogP contribution in [0.2, 0.25) is 0 Å². The van der Waals surface area contributed by atoms with Gasteiger partial charge in [0.15, 0.2) is 0 Å². The van der Waals surface area contributed by atoms with Crippen molar-refractivity contribution >= 4 is 12.2 Å². The highest BCUT2D eigenvalue weighted by Gasteiger charge is 2.32. The molecule has 0 bridgehead atoms. The maximum absolute atomic E-state index is 12.4.